The van der Waals surface area contributed by atoms with Gasteiger partial charge in [-0.05, 0) is 64.2 Å². The van der Waals surface area contributed by atoms with Crippen molar-refractivity contribution in [1.82, 2.24) is 0 Å². The second-order valence-electron chi connectivity index (χ2n) is 14.4. The van der Waals surface area contributed by atoms with Gasteiger partial charge in [-0.15, -0.1) is 0 Å². The van der Waals surface area contributed by atoms with E-state index < -0.39 is 32.5 Å². The van der Waals surface area contributed by atoms with Crippen LogP contribution in [-0.2, 0) is 32.7 Å². The molecule has 0 fully saturated rings. The summed E-state index contributed by atoms with van der Waals surface area (Å²) in [5, 5.41) is 0. The van der Waals surface area contributed by atoms with Crippen molar-refractivity contribution in [2.75, 3.05) is 47.5 Å². The van der Waals surface area contributed by atoms with Gasteiger partial charge in [0.25, 0.3) is 7.82 Å². The van der Waals surface area contributed by atoms with Crippen molar-refractivity contribution < 1.29 is 42.1 Å². The molecule has 0 amide bonds. The monoisotopic (exact) mass is 800 g/mol. The van der Waals surface area contributed by atoms with Crippen LogP contribution in [0.25, 0.3) is 0 Å². The van der Waals surface area contributed by atoms with E-state index in [-0.39, 0.29) is 26.1 Å². The minimum atomic E-state index is -4.65. The minimum absolute atomic E-state index is 0.0539. The lowest BCUT2D eigenvalue weighted by Crippen LogP contribution is -2.37. The first-order valence-corrected chi connectivity index (χ1v) is 22.1. The number of esters is 2. The zero-order valence-electron chi connectivity index (χ0n) is 35.3. The lowest BCUT2D eigenvalue weighted by Gasteiger charge is -2.28. The highest BCUT2D eigenvalue weighted by Crippen LogP contribution is 2.38. The number of ether oxygens (including phenoxy) is 2. The van der Waals surface area contributed by atoms with Crippen molar-refractivity contribution >= 4 is 19.8 Å². The van der Waals surface area contributed by atoms with Gasteiger partial charge < -0.3 is 27.9 Å². The normalized spacial score (nSPS) is 14.8. The van der Waals surface area contributed by atoms with Gasteiger partial charge in [-0.3, -0.25) is 14.2 Å². The summed E-state index contributed by atoms with van der Waals surface area (Å²) in [6.07, 6.45) is 49.9. The number of phosphoric acid groups is 1. The number of carbonyl (C=O) groups excluding carboxylic acids is 2. The molecule has 0 aromatic carbocycles. The second kappa shape index (κ2) is 37.3. The van der Waals surface area contributed by atoms with Crippen LogP contribution in [0.15, 0.2) is 109 Å². The Balaban J connectivity index is 4.51. The Bertz CT molecular complexity index is 1320. The molecule has 2 atom stereocenters. The van der Waals surface area contributed by atoms with Crippen LogP contribution < -0.4 is 4.89 Å². The maximum absolute atomic E-state index is 12.6. The number of allylic oxidation sites excluding steroid dienone is 18. The quantitative estimate of drug-likeness (QED) is 0.0156. The molecule has 316 valence electrons. The summed E-state index contributed by atoms with van der Waals surface area (Å²) in [5.41, 5.74) is 0. The maximum Gasteiger partial charge on any atom is 0.306 e. The van der Waals surface area contributed by atoms with Crippen LogP contribution >= 0.6 is 7.82 Å². The van der Waals surface area contributed by atoms with Gasteiger partial charge in [-0.2, -0.15) is 0 Å². The molecule has 56 heavy (non-hydrogen) atoms. The maximum atomic E-state index is 12.6. The van der Waals surface area contributed by atoms with Crippen LogP contribution in [-0.4, -0.2) is 70.0 Å². The van der Waals surface area contributed by atoms with Crippen molar-refractivity contribution in [3.63, 3.8) is 0 Å². The molecule has 0 radical (unpaired) electrons. The number of unbranched alkanes of at least 4 members (excludes halogenated alkanes) is 7. The van der Waals surface area contributed by atoms with Gasteiger partial charge in [0.05, 0.1) is 27.7 Å². The number of nitrogens with zero attached hydrogens (tertiary/aromatic N) is 1. The molecule has 0 aromatic rings. The summed E-state index contributed by atoms with van der Waals surface area (Å²) in [4.78, 5) is 37.4. The van der Waals surface area contributed by atoms with Gasteiger partial charge in [0.2, 0.25) is 0 Å². The number of carbonyl (C=O) groups is 2. The third kappa shape index (κ3) is 40.3. The van der Waals surface area contributed by atoms with Gasteiger partial charge in [0.1, 0.15) is 19.8 Å². The molecule has 0 N–H and O–H groups in total. The molecule has 0 saturated carbocycles. The van der Waals surface area contributed by atoms with Crippen molar-refractivity contribution in [3.05, 3.63) is 109 Å². The fourth-order valence-corrected chi connectivity index (χ4v) is 5.46. The third-order valence-corrected chi connectivity index (χ3v) is 8.88. The number of rotatable bonds is 35. The van der Waals surface area contributed by atoms with Crippen LogP contribution in [0.4, 0.5) is 0 Å². The largest absolute Gasteiger partial charge is 0.756 e. The van der Waals surface area contributed by atoms with Crippen LogP contribution in [0.3, 0.4) is 0 Å². The zero-order chi connectivity index (χ0) is 41.4. The summed E-state index contributed by atoms with van der Waals surface area (Å²) >= 11 is 0. The fourth-order valence-electron chi connectivity index (χ4n) is 4.73. The average molecular weight is 800 g/mol. The lowest BCUT2D eigenvalue weighted by molar-refractivity contribution is -0.870. The van der Waals surface area contributed by atoms with E-state index in [4.69, 9.17) is 18.5 Å². The molecule has 9 nitrogen and oxygen atoms in total. The van der Waals surface area contributed by atoms with Gasteiger partial charge in [-0.1, -0.05) is 149 Å². The Labute approximate surface area is 340 Å². The van der Waals surface area contributed by atoms with Crippen molar-refractivity contribution in [2.24, 2.45) is 0 Å². The zero-order valence-corrected chi connectivity index (χ0v) is 36.2. The first-order valence-electron chi connectivity index (χ1n) is 20.7. The van der Waals surface area contributed by atoms with E-state index in [2.05, 4.69) is 68.5 Å². The first kappa shape index (κ1) is 52.7. The van der Waals surface area contributed by atoms with Crippen molar-refractivity contribution in [3.8, 4) is 0 Å². The molecule has 0 rings (SSSR count). The number of phosphoric ester groups is 1. The van der Waals surface area contributed by atoms with Gasteiger partial charge in [0, 0.05) is 12.8 Å². The van der Waals surface area contributed by atoms with E-state index in [0.717, 1.165) is 70.6 Å². The second-order valence-corrected chi connectivity index (χ2v) is 15.8. The van der Waals surface area contributed by atoms with E-state index in [1.165, 1.54) is 0 Å². The van der Waals surface area contributed by atoms with Gasteiger partial charge >= 0.3 is 11.9 Å². The standard InChI is InChI=1S/C46H74NO8P/c1-6-8-10-12-14-16-18-20-21-22-23-24-25-27-28-30-32-34-36-38-45(48)52-42-44(43-54-56(50,51)53-41-40-47(3,4)5)55-46(49)39-37-35-33-31-29-26-19-17-15-13-11-9-7-2/h8-11,13-17,19-21,23-24,26,29,31,33,44H,6-7,12,18,22,25,27-28,30,32,34-43H2,1-5H3/b10-8+,11-9+,15-13+,16-14+,19-17+,21-20+,24-23+,29-26+,33-31+. The Morgan fingerprint density at radius 2 is 1.07 bits per heavy atom. The molecule has 0 bridgehead atoms. The molecule has 10 heteroatoms. The Hall–Kier alpha value is -3.33. The first-order chi connectivity index (χ1) is 27.0. The molecule has 0 aliphatic carbocycles. The highest BCUT2D eigenvalue weighted by molar-refractivity contribution is 7.45. The van der Waals surface area contributed by atoms with E-state index in [1.807, 2.05) is 75.8 Å². The van der Waals surface area contributed by atoms with Gasteiger partial charge in [-0.25, -0.2) is 0 Å². The highest BCUT2D eigenvalue weighted by atomic mass is 31.2. The molecular formula is C46H74NO8P. The number of quaternary nitrogens is 1. The number of hydrogen-bond donors (Lipinski definition) is 0. The molecule has 0 aliphatic rings. The third-order valence-electron chi connectivity index (χ3n) is 7.92. The predicted molar refractivity (Wildman–Crippen MR) is 231 cm³/mol. The minimum Gasteiger partial charge on any atom is -0.756 e. The Morgan fingerprint density at radius 3 is 1.68 bits per heavy atom. The van der Waals surface area contributed by atoms with Crippen molar-refractivity contribution in [1.29, 1.82) is 0 Å². The van der Waals surface area contributed by atoms with Crippen LogP contribution in [0.2, 0.25) is 0 Å². The summed E-state index contributed by atoms with van der Waals surface area (Å²) in [5.74, 6) is -0.952. The Morgan fingerprint density at radius 1 is 0.571 bits per heavy atom. The average Bonchev–Trinajstić information content (AvgIpc) is 3.15. The Kier molecular flexibility index (Phi) is 35.0. The lowest BCUT2D eigenvalue weighted by atomic mass is 10.1. The summed E-state index contributed by atoms with van der Waals surface area (Å²) in [6, 6.07) is 0. The predicted octanol–water partition coefficient (Wildman–Crippen LogP) is 10.9. The SMILES string of the molecule is CC/C=C/C=C/C=C/C=C/C=C/CCCC(=O)OC(COC(=O)CCCCCCCC/C=C/C/C=C/C/C=C/C/C=C/CC)COP(=O)([O-])OCC[N+](C)(C)C. The molecular weight excluding hydrogens is 725 g/mol. The van der Waals surface area contributed by atoms with E-state index in [0.29, 0.717) is 30.3 Å². The molecule has 0 aliphatic heterocycles. The molecule has 0 aromatic heterocycles. The highest BCUT2D eigenvalue weighted by Gasteiger charge is 2.21. The smallest absolute Gasteiger partial charge is 0.306 e. The fraction of sp³-hybridized carbons (Fsp3) is 0.565. The molecule has 0 saturated heterocycles. The molecule has 2 unspecified atom stereocenters. The molecule has 0 heterocycles. The molecule has 0 spiro atoms. The summed E-state index contributed by atoms with van der Waals surface area (Å²) in [6.45, 7) is 3.82. The van der Waals surface area contributed by atoms with E-state index in [1.54, 1.807) is 0 Å². The van der Waals surface area contributed by atoms with Crippen LogP contribution in [0.5, 0.6) is 0 Å². The number of likely N-dealkylation sites (N-methyl/N-ethyl adjacent to an activating group) is 1. The van der Waals surface area contributed by atoms with E-state index >= 15 is 0 Å². The van der Waals surface area contributed by atoms with Crippen LogP contribution in [0, 0.1) is 0 Å². The van der Waals surface area contributed by atoms with E-state index in [9.17, 15) is 19.0 Å². The summed E-state index contributed by atoms with van der Waals surface area (Å²) in [7, 11) is 1.09. The topological polar surface area (TPSA) is 111 Å². The number of hydrogen-bond acceptors (Lipinski definition) is 8. The van der Waals surface area contributed by atoms with Crippen LogP contribution in [0.1, 0.15) is 117 Å². The van der Waals surface area contributed by atoms with Gasteiger partial charge in [0.15, 0.2) is 6.10 Å². The van der Waals surface area contributed by atoms with Crippen molar-refractivity contribution in [2.45, 2.75) is 123 Å². The summed E-state index contributed by atoms with van der Waals surface area (Å²) < 4.78 is 33.7.